The van der Waals surface area contributed by atoms with Gasteiger partial charge in [0.15, 0.2) is 0 Å². The minimum atomic E-state index is -4.21. The van der Waals surface area contributed by atoms with E-state index in [0.717, 1.165) is 16.1 Å². The molecule has 0 aliphatic heterocycles. The second kappa shape index (κ2) is 9.24. The first-order chi connectivity index (χ1) is 14.3. The smallest absolute Gasteiger partial charge is 0.270 e. The van der Waals surface area contributed by atoms with E-state index < -0.39 is 14.9 Å². The zero-order valence-corrected chi connectivity index (χ0v) is 18.3. The number of para-hydroxylation sites is 1. The quantitative estimate of drug-likeness (QED) is 0.256. The predicted molar refractivity (Wildman–Crippen MR) is 121 cm³/mol. The van der Waals surface area contributed by atoms with Crippen LogP contribution < -0.4 is 10.1 Å². The molecule has 0 saturated heterocycles. The average molecular weight is 510 g/mol. The largest absolute Gasteiger partial charge is 0.278 e. The molecule has 3 aromatic rings. The molecule has 8 nitrogen and oxygen atoms in total. The lowest BCUT2D eigenvalue weighted by Gasteiger charge is -2.13. The van der Waals surface area contributed by atoms with E-state index in [-0.39, 0.29) is 27.0 Å². The van der Waals surface area contributed by atoms with Gasteiger partial charge in [0, 0.05) is 22.2 Å². The Bertz CT molecular complexity index is 1230. The maximum absolute atomic E-state index is 12.9. The first kappa shape index (κ1) is 21.8. The Kier molecular flexibility index (Phi) is 6.70. The number of hydrogen-bond acceptors (Lipinski definition) is 6. The number of rotatable bonds is 7. The number of hydrazone groups is 1. The Hall–Kier alpha value is -2.95. The van der Waals surface area contributed by atoms with Crippen molar-refractivity contribution < 1.29 is 13.3 Å². The second-order valence-electron chi connectivity index (χ2n) is 5.91. The Balaban J connectivity index is 1.97. The molecule has 0 heterocycles. The van der Waals surface area contributed by atoms with Gasteiger partial charge in [0.2, 0.25) is 0 Å². The van der Waals surface area contributed by atoms with E-state index in [4.69, 9.17) is 11.6 Å². The number of benzene rings is 3. The Morgan fingerprint density at radius 3 is 2.43 bits per heavy atom. The number of halogens is 2. The second-order valence-corrected chi connectivity index (χ2v) is 8.83. The lowest BCUT2D eigenvalue weighted by molar-refractivity contribution is -0.385. The molecular weight excluding hydrogens is 496 g/mol. The monoisotopic (exact) mass is 508 g/mol. The fourth-order valence-electron chi connectivity index (χ4n) is 2.43. The molecule has 30 heavy (non-hydrogen) atoms. The number of nitro groups is 1. The van der Waals surface area contributed by atoms with Crippen molar-refractivity contribution in [3.05, 3.63) is 91.9 Å². The van der Waals surface area contributed by atoms with Crippen LogP contribution in [0, 0.1) is 10.1 Å². The third-order valence-corrected chi connectivity index (χ3v) is 6.33. The number of anilines is 2. The van der Waals surface area contributed by atoms with Crippen molar-refractivity contribution >= 4 is 60.8 Å². The van der Waals surface area contributed by atoms with Gasteiger partial charge in [-0.15, -0.1) is 0 Å². The van der Waals surface area contributed by atoms with Gasteiger partial charge in [-0.1, -0.05) is 57.9 Å². The Morgan fingerprint density at radius 1 is 1.03 bits per heavy atom. The zero-order chi connectivity index (χ0) is 21.7. The maximum atomic E-state index is 12.9. The first-order valence-corrected chi connectivity index (χ1v) is 11.0. The summed E-state index contributed by atoms with van der Waals surface area (Å²) in [5.74, 6) is 0. The molecule has 0 amide bonds. The number of sulfonamides is 1. The van der Waals surface area contributed by atoms with Gasteiger partial charge in [-0.25, -0.2) is 8.42 Å². The van der Waals surface area contributed by atoms with E-state index in [1.54, 1.807) is 12.1 Å². The summed E-state index contributed by atoms with van der Waals surface area (Å²) in [6.07, 6.45) is 1.49. The molecule has 11 heteroatoms. The normalized spacial score (nSPS) is 11.4. The maximum Gasteiger partial charge on any atom is 0.270 e. The molecule has 0 saturated carbocycles. The lowest BCUT2D eigenvalue weighted by atomic mass is 10.2. The first-order valence-electron chi connectivity index (χ1n) is 8.37. The third-order valence-electron chi connectivity index (χ3n) is 3.88. The molecule has 0 atom stereocenters. The molecule has 3 aromatic carbocycles. The SMILES string of the molecule is O=[N+]([O-])c1ccc(NN=Cc2ccccc2Br)c(S(=O)(=O)Nc2ccccc2Cl)c1. The van der Waals surface area contributed by atoms with E-state index in [9.17, 15) is 18.5 Å². The van der Waals surface area contributed by atoms with Crippen molar-refractivity contribution in [2.45, 2.75) is 4.90 Å². The minimum Gasteiger partial charge on any atom is -0.278 e. The Labute approximate surface area is 185 Å². The number of nitro benzene ring substituents is 1. The van der Waals surface area contributed by atoms with Crippen LogP contribution in [0.15, 0.2) is 81.2 Å². The molecule has 0 aliphatic carbocycles. The van der Waals surface area contributed by atoms with Gasteiger partial charge in [-0.2, -0.15) is 5.10 Å². The van der Waals surface area contributed by atoms with Crippen molar-refractivity contribution in [3.8, 4) is 0 Å². The summed E-state index contributed by atoms with van der Waals surface area (Å²) in [6.45, 7) is 0. The van der Waals surface area contributed by atoms with Crippen LogP contribution >= 0.6 is 27.5 Å². The van der Waals surface area contributed by atoms with Crippen LogP contribution in [0.2, 0.25) is 5.02 Å². The molecule has 0 unspecified atom stereocenters. The number of hydrogen-bond donors (Lipinski definition) is 2. The van der Waals surface area contributed by atoms with Crippen molar-refractivity contribution in [3.63, 3.8) is 0 Å². The van der Waals surface area contributed by atoms with Crippen molar-refractivity contribution in [2.75, 3.05) is 10.1 Å². The van der Waals surface area contributed by atoms with Crippen LogP contribution in [-0.2, 0) is 10.0 Å². The Morgan fingerprint density at radius 2 is 1.73 bits per heavy atom. The molecule has 0 aromatic heterocycles. The topological polar surface area (TPSA) is 114 Å². The summed E-state index contributed by atoms with van der Waals surface area (Å²) >= 11 is 9.41. The summed E-state index contributed by atoms with van der Waals surface area (Å²) < 4.78 is 29.0. The van der Waals surface area contributed by atoms with Gasteiger partial charge in [0.25, 0.3) is 15.7 Å². The van der Waals surface area contributed by atoms with Gasteiger partial charge in [0.05, 0.1) is 27.5 Å². The van der Waals surface area contributed by atoms with Crippen molar-refractivity contribution in [1.29, 1.82) is 0 Å². The standard InChI is InChI=1S/C19H14BrClN4O4S/c20-15-6-2-1-5-13(15)12-22-23-18-10-9-14(25(26)27)11-19(18)30(28,29)24-17-8-4-3-7-16(17)21/h1-12,23-24H. The van der Waals surface area contributed by atoms with Gasteiger partial charge in [-0.3, -0.25) is 20.3 Å². The summed E-state index contributed by atoms with van der Waals surface area (Å²) in [4.78, 5) is 10.1. The van der Waals surface area contributed by atoms with Crippen LogP contribution in [0.3, 0.4) is 0 Å². The van der Waals surface area contributed by atoms with Crippen LogP contribution in [0.5, 0.6) is 0 Å². The summed E-state index contributed by atoms with van der Waals surface area (Å²) in [6, 6.07) is 17.0. The van der Waals surface area contributed by atoms with Crippen LogP contribution in [0.1, 0.15) is 5.56 Å². The molecule has 0 fully saturated rings. The molecule has 154 valence electrons. The minimum absolute atomic E-state index is 0.0588. The predicted octanol–water partition coefficient (Wildman–Crippen LogP) is 5.26. The molecule has 3 rings (SSSR count). The summed E-state index contributed by atoms with van der Waals surface area (Å²) in [7, 11) is -4.21. The third kappa shape index (κ3) is 5.15. The van der Waals surface area contributed by atoms with Gasteiger partial charge in [0.1, 0.15) is 4.90 Å². The fraction of sp³-hybridized carbons (Fsp3) is 0. The van der Waals surface area contributed by atoms with Crippen LogP contribution in [-0.4, -0.2) is 19.6 Å². The highest BCUT2D eigenvalue weighted by atomic mass is 79.9. The van der Waals surface area contributed by atoms with Crippen LogP contribution in [0.25, 0.3) is 0 Å². The van der Waals surface area contributed by atoms with Crippen molar-refractivity contribution in [1.82, 2.24) is 0 Å². The molecular formula is C19H14BrClN4O4S. The molecule has 0 aliphatic rings. The van der Waals surface area contributed by atoms with E-state index in [0.29, 0.717) is 0 Å². The highest BCUT2D eigenvalue weighted by Crippen LogP contribution is 2.30. The highest BCUT2D eigenvalue weighted by Gasteiger charge is 2.23. The van der Waals surface area contributed by atoms with Gasteiger partial charge >= 0.3 is 0 Å². The summed E-state index contributed by atoms with van der Waals surface area (Å²) in [5.41, 5.74) is 3.22. The van der Waals surface area contributed by atoms with Gasteiger partial charge in [-0.05, 0) is 24.3 Å². The number of nitrogens with zero attached hydrogens (tertiary/aromatic N) is 2. The number of nitrogens with one attached hydrogen (secondary N) is 2. The molecule has 0 spiro atoms. The highest BCUT2D eigenvalue weighted by molar-refractivity contribution is 9.10. The van der Waals surface area contributed by atoms with Crippen LogP contribution in [0.4, 0.5) is 17.1 Å². The van der Waals surface area contributed by atoms with E-state index >= 15 is 0 Å². The fourth-order valence-corrected chi connectivity index (χ4v) is 4.32. The van der Waals surface area contributed by atoms with E-state index in [1.165, 1.54) is 30.5 Å². The molecule has 2 N–H and O–H groups in total. The summed E-state index contributed by atoms with van der Waals surface area (Å²) in [5, 5.41) is 15.4. The van der Waals surface area contributed by atoms with Gasteiger partial charge < -0.3 is 0 Å². The lowest BCUT2D eigenvalue weighted by Crippen LogP contribution is -2.15. The molecule has 0 radical (unpaired) electrons. The van der Waals surface area contributed by atoms with E-state index in [1.807, 2.05) is 24.3 Å². The number of non-ortho nitro benzene ring substituents is 1. The zero-order valence-electron chi connectivity index (χ0n) is 15.1. The average Bonchev–Trinajstić information content (AvgIpc) is 2.71. The molecule has 0 bridgehead atoms. The van der Waals surface area contributed by atoms with E-state index in [2.05, 4.69) is 31.2 Å². The van der Waals surface area contributed by atoms with Crippen molar-refractivity contribution in [2.24, 2.45) is 5.10 Å².